The van der Waals surface area contributed by atoms with Crippen molar-refractivity contribution < 1.29 is 30.5 Å². The van der Waals surface area contributed by atoms with Crippen LogP contribution in [0.4, 0.5) is 26.3 Å². The van der Waals surface area contributed by atoms with E-state index >= 15 is 0 Å². The summed E-state index contributed by atoms with van der Waals surface area (Å²) in [4.78, 5) is -4.66. The van der Waals surface area contributed by atoms with E-state index in [0.29, 0.717) is 0 Å². The molecule has 0 saturated carbocycles. The van der Waals surface area contributed by atoms with Gasteiger partial charge in [-0.25, -0.2) is 0 Å². The Morgan fingerprint density at radius 3 is 1.82 bits per heavy atom. The molecule has 0 radical (unpaired) electrons. The number of rotatable bonds is 4. The molecule has 2 nitrogen and oxygen atoms in total. The Morgan fingerprint density at radius 2 is 1.45 bits per heavy atom. The average molecular weight is 368 g/mol. The second-order valence-electron chi connectivity index (χ2n) is 4.42. The minimum Gasteiger partial charge on any atom is -0.300 e. The van der Waals surface area contributed by atoms with Crippen molar-refractivity contribution in [2.45, 2.75) is 42.2 Å². The van der Waals surface area contributed by atoms with Crippen molar-refractivity contribution in [1.82, 2.24) is 0 Å². The normalized spacial score (nSPS) is 15.4. The van der Waals surface area contributed by atoms with Gasteiger partial charge in [-0.15, -0.1) is 0 Å². The zero-order valence-electron chi connectivity index (χ0n) is 11.4. The zero-order chi connectivity index (χ0) is 17.2. The highest BCUT2D eigenvalue weighted by atomic mass is 35.5. The fourth-order valence-corrected chi connectivity index (χ4v) is 2.87. The van der Waals surface area contributed by atoms with Crippen molar-refractivity contribution in [2.24, 2.45) is 4.36 Å². The highest BCUT2D eigenvalue weighted by molar-refractivity contribution is 7.82. The molecule has 0 amide bonds. The first kappa shape index (κ1) is 19.2. The Hall–Kier alpha value is -0.800. The number of hydrogen-bond acceptors (Lipinski definition) is 2. The minimum absolute atomic E-state index is 0.0646. The van der Waals surface area contributed by atoms with Crippen LogP contribution in [0, 0.1) is 0 Å². The van der Waals surface area contributed by atoms with E-state index in [-0.39, 0.29) is 4.90 Å². The molecule has 0 heterocycles. The number of hydrogen-bond donors (Lipinski definition) is 0. The molecule has 0 spiro atoms. The highest BCUT2D eigenvalue weighted by Crippen LogP contribution is 2.49. The number of alkyl halides is 7. The van der Waals surface area contributed by atoms with Crippen molar-refractivity contribution in [3.63, 3.8) is 0 Å². The quantitative estimate of drug-likeness (QED) is 0.405. The van der Waals surface area contributed by atoms with Crippen molar-refractivity contribution in [3.05, 3.63) is 30.3 Å². The topological polar surface area (TPSA) is 21.6 Å². The van der Waals surface area contributed by atoms with Crippen LogP contribution in [0.3, 0.4) is 0 Å². The smallest absolute Gasteiger partial charge is 0.300 e. The summed E-state index contributed by atoms with van der Waals surface area (Å²) >= 11 is 4.83. The molecule has 0 aliphatic carbocycles. The number of halogens is 7. The van der Waals surface area contributed by atoms with Gasteiger partial charge in [-0.2, -0.15) is 30.7 Å². The van der Waals surface area contributed by atoms with Crippen LogP contribution in [-0.2, 0) is 15.2 Å². The largest absolute Gasteiger partial charge is 0.437 e. The van der Waals surface area contributed by atoms with Gasteiger partial charge < -0.3 is 0 Å². The van der Waals surface area contributed by atoms with Crippen LogP contribution in [0.5, 0.6) is 0 Å². The summed E-state index contributed by atoms with van der Waals surface area (Å²) in [6, 6.07) is 7.09. The van der Waals surface area contributed by atoms with Crippen molar-refractivity contribution in [1.29, 1.82) is 0 Å². The third-order valence-electron chi connectivity index (χ3n) is 2.19. The van der Waals surface area contributed by atoms with E-state index in [2.05, 4.69) is 4.36 Å². The summed E-state index contributed by atoms with van der Waals surface area (Å²) in [6.07, 6.45) is -12.3. The molecule has 1 aromatic rings. The van der Waals surface area contributed by atoms with Gasteiger partial charge >= 0.3 is 17.4 Å². The van der Waals surface area contributed by atoms with Gasteiger partial charge in [-0.05, 0) is 26.0 Å². The van der Waals surface area contributed by atoms with Crippen LogP contribution in [0.15, 0.2) is 39.6 Å². The summed E-state index contributed by atoms with van der Waals surface area (Å²) < 4.78 is 84.8. The fourth-order valence-electron chi connectivity index (χ4n) is 1.23. The van der Waals surface area contributed by atoms with Gasteiger partial charge in [0.15, 0.2) is 0 Å². The fraction of sp³-hybridized carbons (Fsp3) is 0.500. The first-order valence-corrected chi connectivity index (χ1v) is 7.39. The van der Waals surface area contributed by atoms with E-state index < -0.39 is 34.4 Å². The van der Waals surface area contributed by atoms with Crippen LogP contribution < -0.4 is 0 Å². The monoisotopic (exact) mass is 367 g/mol. The highest BCUT2D eigenvalue weighted by Gasteiger charge is 2.71. The van der Waals surface area contributed by atoms with Gasteiger partial charge in [0, 0.05) is 4.90 Å². The van der Waals surface area contributed by atoms with E-state index in [9.17, 15) is 26.3 Å². The maximum absolute atomic E-state index is 12.8. The molecule has 10 heteroatoms. The number of benzene rings is 1. The number of nitrogens with zero attached hydrogens (tertiary/aromatic N) is 1. The molecule has 1 atom stereocenters. The van der Waals surface area contributed by atoms with Crippen molar-refractivity contribution in [2.75, 3.05) is 0 Å². The molecule has 0 bridgehead atoms. The predicted molar refractivity (Wildman–Crippen MR) is 71.4 cm³/mol. The lowest BCUT2D eigenvalue weighted by molar-refractivity contribution is -0.264. The molecular weight excluding hydrogens is 356 g/mol. The lowest BCUT2D eigenvalue weighted by atomic mass is 10.3. The maximum atomic E-state index is 12.8. The molecule has 1 rings (SSSR count). The van der Waals surface area contributed by atoms with Gasteiger partial charge in [0.1, 0.15) is 0 Å². The molecule has 22 heavy (non-hydrogen) atoms. The van der Waals surface area contributed by atoms with Crippen molar-refractivity contribution >= 4 is 22.6 Å². The van der Waals surface area contributed by atoms with Crippen molar-refractivity contribution in [3.8, 4) is 0 Å². The van der Waals surface area contributed by atoms with Crippen LogP contribution in [0.25, 0.3) is 0 Å². The van der Waals surface area contributed by atoms with E-state index in [1.807, 2.05) is 0 Å². The third kappa shape index (κ3) is 4.36. The SMILES string of the molecule is CC(C)O/S(=N/C(Cl)(C(F)(F)F)C(F)(F)F)c1ccccc1. The third-order valence-corrected chi connectivity index (χ3v) is 4.48. The maximum Gasteiger partial charge on any atom is 0.437 e. The Bertz CT molecular complexity index is 515. The molecule has 1 aromatic carbocycles. The molecular formula is C12H12ClF6NOS. The summed E-state index contributed by atoms with van der Waals surface area (Å²) in [5.74, 6) is 0. The van der Waals surface area contributed by atoms with Gasteiger partial charge in [0.05, 0.1) is 17.1 Å². The molecule has 0 saturated heterocycles. The molecule has 0 aromatic heterocycles. The van der Waals surface area contributed by atoms with E-state index in [1.165, 1.54) is 38.1 Å². The standard InChI is InChI=1S/C12H12ClF6NOS/c1-8(2)21-22(9-6-4-3-5-7-9)20-10(13,11(14,15)16)12(17,18)19/h3-8H,1-2H3. The van der Waals surface area contributed by atoms with Crippen LogP contribution in [0.1, 0.15) is 13.8 Å². The first-order valence-electron chi connectivity index (χ1n) is 5.90. The lowest BCUT2D eigenvalue weighted by Crippen LogP contribution is -2.51. The average Bonchev–Trinajstić information content (AvgIpc) is 2.35. The van der Waals surface area contributed by atoms with E-state index in [0.717, 1.165) is 0 Å². The van der Waals surface area contributed by atoms with E-state index in [1.54, 1.807) is 6.07 Å². The summed E-state index contributed by atoms with van der Waals surface area (Å²) in [6.45, 7) is 2.94. The molecule has 0 N–H and O–H groups in total. The Labute approximate surface area is 130 Å². The van der Waals surface area contributed by atoms with Gasteiger partial charge in [-0.3, -0.25) is 4.18 Å². The lowest BCUT2D eigenvalue weighted by Gasteiger charge is -2.28. The van der Waals surface area contributed by atoms with Crippen LogP contribution in [0.2, 0.25) is 0 Å². The second kappa shape index (κ2) is 6.76. The van der Waals surface area contributed by atoms with Gasteiger partial charge in [0.2, 0.25) is 0 Å². The van der Waals surface area contributed by atoms with E-state index in [4.69, 9.17) is 15.8 Å². The molecule has 1 unspecified atom stereocenters. The zero-order valence-corrected chi connectivity index (χ0v) is 12.9. The molecule has 0 aliphatic heterocycles. The summed E-state index contributed by atoms with van der Waals surface area (Å²) in [7, 11) is -2.13. The second-order valence-corrected chi connectivity index (χ2v) is 6.31. The summed E-state index contributed by atoms with van der Waals surface area (Å²) in [5.41, 5.74) is 0. The molecule has 126 valence electrons. The minimum atomic E-state index is -5.81. The molecule has 0 aliphatic rings. The Kier molecular flexibility index (Phi) is 5.91. The Balaban J connectivity index is 3.47. The molecule has 0 fully saturated rings. The Morgan fingerprint density at radius 1 is 1.00 bits per heavy atom. The predicted octanol–water partition coefficient (Wildman–Crippen LogP) is 5.25. The first-order chi connectivity index (χ1) is 9.88. The van der Waals surface area contributed by atoms with Gasteiger partial charge in [-0.1, -0.05) is 29.8 Å². The van der Waals surface area contributed by atoms with Crippen LogP contribution in [-0.4, -0.2) is 23.5 Å². The van der Waals surface area contributed by atoms with Crippen LogP contribution >= 0.6 is 11.6 Å². The van der Waals surface area contributed by atoms with Gasteiger partial charge in [0.25, 0.3) is 0 Å². The summed E-state index contributed by atoms with van der Waals surface area (Å²) in [5, 5.41) is 0.